The largest absolute Gasteiger partial charge is 0.419 e. The Morgan fingerprint density at radius 1 is 1.35 bits per heavy atom. The van der Waals surface area contributed by atoms with Crippen LogP contribution in [0.15, 0.2) is 30.6 Å². The van der Waals surface area contributed by atoms with Crippen molar-refractivity contribution in [3.8, 4) is 0 Å². The van der Waals surface area contributed by atoms with E-state index in [0.717, 1.165) is 6.07 Å². The molecule has 0 bridgehead atoms. The van der Waals surface area contributed by atoms with E-state index in [-0.39, 0.29) is 17.7 Å². The third-order valence-electron chi connectivity index (χ3n) is 2.60. The predicted octanol–water partition coefficient (Wildman–Crippen LogP) is 2.19. The van der Waals surface area contributed by atoms with Crippen molar-refractivity contribution in [2.24, 2.45) is 5.73 Å². The maximum atomic E-state index is 13.1. The van der Waals surface area contributed by atoms with Crippen LogP contribution in [0.25, 0.3) is 0 Å². The second-order valence-corrected chi connectivity index (χ2v) is 4.10. The molecule has 1 heterocycles. The Morgan fingerprint density at radius 3 is 2.60 bits per heavy atom. The number of hydrogen-bond donors (Lipinski definition) is 1. The minimum atomic E-state index is -4.76. The van der Waals surface area contributed by atoms with Gasteiger partial charge < -0.3 is 5.73 Å². The molecule has 20 heavy (non-hydrogen) atoms. The third-order valence-corrected chi connectivity index (χ3v) is 2.60. The zero-order valence-electron chi connectivity index (χ0n) is 9.99. The fourth-order valence-electron chi connectivity index (χ4n) is 1.65. The third kappa shape index (κ3) is 2.95. The number of aromatic nitrogens is 2. The Morgan fingerprint density at radius 2 is 2.05 bits per heavy atom. The molecule has 1 amide bonds. The van der Waals surface area contributed by atoms with E-state index in [1.807, 2.05) is 0 Å². The number of rotatable bonds is 3. The molecule has 1 aromatic carbocycles. The molecule has 0 spiro atoms. The maximum absolute atomic E-state index is 13.1. The lowest BCUT2D eigenvalue weighted by Gasteiger charge is -2.10. The molecular weight excluding hydrogens is 278 g/mol. The first-order valence-electron chi connectivity index (χ1n) is 5.45. The van der Waals surface area contributed by atoms with Crippen molar-refractivity contribution in [1.29, 1.82) is 0 Å². The van der Waals surface area contributed by atoms with Crippen molar-refractivity contribution < 1.29 is 22.4 Å². The summed E-state index contributed by atoms with van der Waals surface area (Å²) < 4.78 is 52.0. The lowest BCUT2D eigenvalue weighted by atomic mass is 10.1. The summed E-state index contributed by atoms with van der Waals surface area (Å²) in [7, 11) is 0. The summed E-state index contributed by atoms with van der Waals surface area (Å²) in [6.45, 7) is -0.0311. The van der Waals surface area contributed by atoms with Crippen LogP contribution in [-0.2, 0) is 12.7 Å². The number of nitrogens with two attached hydrogens (primary N) is 1. The minimum absolute atomic E-state index is 0.0311. The summed E-state index contributed by atoms with van der Waals surface area (Å²) in [4.78, 5) is 10.9. The van der Waals surface area contributed by atoms with Gasteiger partial charge in [-0.3, -0.25) is 9.48 Å². The van der Waals surface area contributed by atoms with Crippen LogP contribution in [0.5, 0.6) is 0 Å². The minimum Gasteiger partial charge on any atom is -0.366 e. The highest BCUT2D eigenvalue weighted by Gasteiger charge is 2.34. The van der Waals surface area contributed by atoms with Gasteiger partial charge in [0, 0.05) is 6.20 Å². The smallest absolute Gasteiger partial charge is 0.366 e. The molecule has 0 atom stereocenters. The standard InChI is InChI=1S/C12H9F4N3O/c13-10-2-1-7(3-9(10)12(14,15)16)5-19-6-8(4-18-19)11(17)20/h1-4,6H,5H2,(H2,17,20). The normalized spacial score (nSPS) is 11.6. The average Bonchev–Trinajstić information content (AvgIpc) is 2.79. The Kier molecular flexibility index (Phi) is 3.47. The number of carbonyl (C=O) groups excluding carboxylic acids is 1. The van der Waals surface area contributed by atoms with Crippen LogP contribution in [0, 0.1) is 5.82 Å². The van der Waals surface area contributed by atoms with Gasteiger partial charge in [-0.05, 0) is 17.7 Å². The second kappa shape index (κ2) is 4.95. The average molecular weight is 287 g/mol. The summed E-state index contributed by atoms with van der Waals surface area (Å²) in [5.74, 6) is -2.02. The van der Waals surface area contributed by atoms with Crippen LogP contribution in [0.2, 0.25) is 0 Å². The second-order valence-electron chi connectivity index (χ2n) is 4.10. The van der Waals surface area contributed by atoms with Crippen LogP contribution in [0.3, 0.4) is 0 Å². The van der Waals surface area contributed by atoms with Gasteiger partial charge in [0.05, 0.1) is 23.9 Å². The number of halogens is 4. The van der Waals surface area contributed by atoms with Gasteiger partial charge in [0.25, 0.3) is 5.91 Å². The van der Waals surface area contributed by atoms with Crippen molar-refractivity contribution in [3.05, 3.63) is 53.1 Å². The first-order valence-corrected chi connectivity index (χ1v) is 5.45. The number of hydrogen-bond acceptors (Lipinski definition) is 2. The van der Waals surface area contributed by atoms with Gasteiger partial charge in [0.15, 0.2) is 0 Å². The van der Waals surface area contributed by atoms with Crippen LogP contribution in [0.4, 0.5) is 17.6 Å². The van der Waals surface area contributed by atoms with Crippen LogP contribution in [-0.4, -0.2) is 15.7 Å². The first-order chi connectivity index (χ1) is 9.27. The molecule has 2 N–H and O–H groups in total. The van der Waals surface area contributed by atoms with E-state index in [9.17, 15) is 22.4 Å². The van der Waals surface area contributed by atoms with Gasteiger partial charge >= 0.3 is 6.18 Å². The van der Waals surface area contributed by atoms with Crippen LogP contribution >= 0.6 is 0 Å². The Bertz CT molecular complexity index is 648. The molecule has 0 aliphatic carbocycles. The number of benzene rings is 1. The topological polar surface area (TPSA) is 60.9 Å². The number of primary amides is 1. The van der Waals surface area contributed by atoms with Gasteiger partial charge in [-0.2, -0.15) is 18.3 Å². The van der Waals surface area contributed by atoms with Crippen LogP contribution in [0.1, 0.15) is 21.5 Å². The van der Waals surface area contributed by atoms with Gasteiger partial charge in [-0.1, -0.05) is 6.07 Å². The molecule has 0 aliphatic heterocycles. The first kappa shape index (κ1) is 14.0. The Labute approximate surface area is 110 Å². The molecule has 4 nitrogen and oxygen atoms in total. The van der Waals surface area contributed by atoms with E-state index in [1.54, 1.807) is 0 Å². The predicted molar refractivity (Wildman–Crippen MR) is 61.2 cm³/mol. The highest BCUT2D eigenvalue weighted by Crippen LogP contribution is 2.31. The molecule has 0 saturated heterocycles. The van der Waals surface area contributed by atoms with E-state index in [4.69, 9.17) is 5.73 Å². The van der Waals surface area contributed by atoms with E-state index >= 15 is 0 Å². The summed E-state index contributed by atoms with van der Waals surface area (Å²) in [5.41, 5.74) is 4.04. The number of carbonyl (C=O) groups is 1. The van der Waals surface area contributed by atoms with Crippen molar-refractivity contribution in [2.45, 2.75) is 12.7 Å². The summed E-state index contributed by atoms with van der Waals surface area (Å²) >= 11 is 0. The quantitative estimate of drug-likeness (QED) is 0.880. The molecule has 0 unspecified atom stereocenters. The Balaban J connectivity index is 2.27. The zero-order chi connectivity index (χ0) is 14.9. The number of amides is 1. The van der Waals surface area contributed by atoms with Gasteiger partial charge in [-0.15, -0.1) is 0 Å². The molecule has 106 valence electrons. The molecule has 8 heteroatoms. The number of nitrogens with zero attached hydrogens (tertiary/aromatic N) is 2. The van der Waals surface area contributed by atoms with E-state index < -0.39 is 23.5 Å². The summed E-state index contributed by atoms with van der Waals surface area (Å²) in [6, 6.07) is 2.67. The highest BCUT2D eigenvalue weighted by molar-refractivity contribution is 5.92. The fraction of sp³-hybridized carbons (Fsp3) is 0.167. The molecule has 0 radical (unpaired) electrons. The zero-order valence-corrected chi connectivity index (χ0v) is 9.99. The van der Waals surface area contributed by atoms with Crippen molar-refractivity contribution in [2.75, 3.05) is 0 Å². The summed E-state index contributed by atoms with van der Waals surface area (Å²) in [5, 5.41) is 3.79. The van der Waals surface area contributed by atoms with E-state index in [1.165, 1.54) is 23.1 Å². The molecule has 1 aromatic heterocycles. The molecule has 2 rings (SSSR count). The van der Waals surface area contributed by atoms with Crippen molar-refractivity contribution >= 4 is 5.91 Å². The van der Waals surface area contributed by atoms with Gasteiger partial charge in [0.2, 0.25) is 0 Å². The van der Waals surface area contributed by atoms with Gasteiger partial charge in [-0.25, -0.2) is 4.39 Å². The Hall–Kier alpha value is -2.38. The number of alkyl halides is 3. The molecular formula is C12H9F4N3O. The molecule has 0 aliphatic rings. The summed E-state index contributed by atoms with van der Waals surface area (Å²) in [6.07, 6.45) is -2.25. The molecule has 2 aromatic rings. The van der Waals surface area contributed by atoms with E-state index in [2.05, 4.69) is 5.10 Å². The highest BCUT2D eigenvalue weighted by atomic mass is 19.4. The van der Waals surface area contributed by atoms with E-state index in [0.29, 0.717) is 6.07 Å². The molecule has 0 saturated carbocycles. The lowest BCUT2D eigenvalue weighted by molar-refractivity contribution is -0.140. The van der Waals surface area contributed by atoms with Crippen molar-refractivity contribution in [3.63, 3.8) is 0 Å². The SMILES string of the molecule is NC(=O)c1cnn(Cc2ccc(F)c(C(F)(F)F)c2)c1. The van der Waals surface area contributed by atoms with Gasteiger partial charge in [0.1, 0.15) is 5.82 Å². The molecule has 0 fully saturated rings. The fourth-order valence-corrected chi connectivity index (χ4v) is 1.65. The maximum Gasteiger partial charge on any atom is 0.419 e. The lowest BCUT2D eigenvalue weighted by Crippen LogP contribution is -2.11. The van der Waals surface area contributed by atoms with Crippen molar-refractivity contribution in [1.82, 2.24) is 9.78 Å². The van der Waals surface area contributed by atoms with Crippen LogP contribution < -0.4 is 5.73 Å². The monoisotopic (exact) mass is 287 g/mol.